The Balaban J connectivity index is 0.000000932. The number of nitrogens with one attached hydrogen (secondary N) is 3. The van der Waals surface area contributed by atoms with Gasteiger partial charge >= 0.3 is 0 Å². The van der Waals surface area contributed by atoms with Crippen LogP contribution in [0.15, 0.2) is 67.5 Å². The Kier molecular flexibility index (Phi) is 12.1. The third kappa shape index (κ3) is 8.74. The van der Waals surface area contributed by atoms with Crippen LogP contribution in [0.1, 0.15) is 67.6 Å². The van der Waals surface area contributed by atoms with Crippen LogP contribution in [0, 0.1) is 12.3 Å². The summed E-state index contributed by atoms with van der Waals surface area (Å²) in [5, 5.41) is 10.4. The van der Waals surface area contributed by atoms with Gasteiger partial charge in [0, 0.05) is 68.0 Å². The third-order valence-corrected chi connectivity index (χ3v) is 8.50. The molecule has 2 saturated heterocycles. The Labute approximate surface area is 254 Å². The van der Waals surface area contributed by atoms with Gasteiger partial charge in [-0.05, 0) is 93.4 Å². The van der Waals surface area contributed by atoms with Crippen LogP contribution in [-0.2, 0) is 6.42 Å². The topological polar surface area (TPSA) is 55.5 Å². The van der Waals surface area contributed by atoms with Crippen molar-refractivity contribution in [3.05, 3.63) is 84.2 Å². The van der Waals surface area contributed by atoms with Gasteiger partial charge in [0.15, 0.2) is 0 Å². The van der Waals surface area contributed by atoms with Crippen LogP contribution >= 0.6 is 0 Å². The van der Waals surface area contributed by atoms with Gasteiger partial charge in [0.2, 0.25) is 0 Å². The summed E-state index contributed by atoms with van der Waals surface area (Å²) in [6, 6.07) is 9.14. The first-order chi connectivity index (χ1) is 20.5. The van der Waals surface area contributed by atoms with E-state index in [9.17, 15) is 0 Å². The number of piperidine rings is 1. The second-order valence-electron chi connectivity index (χ2n) is 11.7. The minimum Gasteiger partial charge on any atom is -0.384 e. The normalized spacial score (nSPS) is 18.0. The van der Waals surface area contributed by atoms with Crippen molar-refractivity contribution in [1.82, 2.24) is 20.1 Å². The Bertz CT molecular complexity index is 1240. The van der Waals surface area contributed by atoms with Crippen molar-refractivity contribution in [2.45, 2.75) is 57.3 Å². The smallest absolute Gasteiger partial charge is 0.135 e. The van der Waals surface area contributed by atoms with Crippen molar-refractivity contribution in [1.29, 1.82) is 0 Å². The van der Waals surface area contributed by atoms with E-state index in [4.69, 9.17) is 11.4 Å². The van der Waals surface area contributed by atoms with Gasteiger partial charge in [-0.1, -0.05) is 37.8 Å². The molecule has 4 heterocycles. The molecule has 6 nitrogen and oxygen atoms in total. The lowest BCUT2D eigenvalue weighted by atomic mass is 9.87. The van der Waals surface area contributed by atoms with Gasteiger partial charge < -0.3 is 25.8 Å². The molecule has 1 unspecified atom stereocenters. The molecule has 42 heavy (non-hydrogen) atoms. The van der Waals surface area contributed by atoms with Gasteiger partial charge in [-0.2, -0.15) is 0 Å². The van der Waals surface area contributed by atoms with Crippen LogP contribution in [0.5, 0.6) is 0 Å². The van der Waals surface area contributed by atoms with E-state index in [0.29, 0.717) is 11.8 Å². The van der Waals surface area contributed by atoms with E-state index in [0.717, 1.165) is 76.3 Å². The highest BCUT2D eigenvalue weighted by Gasteiger charge is 2.25. The lowest BCUT2D eigenvalue weighted by Crippen LogP contribution is -2.31. The predicted octanol–water partition coefficient (Wildman–Crippen LogP) is 6.66. The maximum Gasteiger partial charge on any atom is 0.135 e. The number of allylic oxidation sites excluding steroid dienone is 1. The van der Waals surface area contributed by atoms with Gasteiger partial charge in [0.05, 0.1) is 0 Å². The van der Waals surface area contributed by atoms with Crippen LogP contribution < -0.4 is 16.0 Å². The third-order valence-electron chi connectivity index (χ3n) is 8.50. The molecule has 0 saturated carbocycles. The standard InChI is InChI=1S/C33H43N5.C3H7N/c1-6-8-17-34-30-14-18-35-33-32(30)25(3)23-29-13-12-28(24-31(29)36-33)27-15-21-38(22-16-27)26(4)11-10-20-37(5)19-9-7-2;1-2-4-3-1/h2,6,10-14,18,24-25,27H,1,4,8-9,15-17,19-23H2,3,5H3,(H2,34,35,36);4H,1-3H2/b11-10+;. The van der Waals surface area contributed by atoms with Crippen molar-refractivity contribution < 1.29 is 0 Å². The Hall–Kier alpha value is -3.53. The predicted molar refractivity (Wildman–Crippen MR) is 180 cm³/mol. The molecule has 224 valence electrons. The highest BCUT2D eigenvalue weighted by atomic mass is 15.1. The number of benzene rings is 1. The number of pyridine rings is 1. The summed E-state index contributed by atoms with van der Waals surface area (Å²) in [7, 11) is 2.10. The van der Waals surface area contributed by atoms with Crippen molar-refractivity contribution in [3.8, 4) is 12.3 Å². The number of hydrogen-bond donors (Lipinski definition) is 3. The number of nitrogens with zero attached hydrogens (tertiary/aromatic N) is 3. The molecule has 1 aromatic carbocycles. The van der Waals surface area contributed by atoms with Crippen LogP contribution in [0.25, 0.3) is 0 Å². The average molecular weight is 567 g/mol. The van der Waals surface area contributed by atoms with Crippen LogP contribution in [0.3, 0.4) is 0 Å². The lowest BCUT2D eigenvalue weighted by Gasteiger charge is -2.34. The fourth-order valence-corrected chi connectivity index (χ4v) is 5.73. The highest BCUT2D eigenvalue weighted by molar-refractivity contribution is 5.72. The molecular weight excluding hydrogens is 516 g/mol. The molecule has 1 atom stereocenters. The van der Waals surface area contributed by atoms with E-state index in [1.54, 1.807) is 0 Å². The van der Waals surface area contributed by atoms with Gasteiger partial charge in [-0.15, -0.1) is 18.9 Å². The molecule has 3 aliphatic rings. The highest BCUT2D eigenvalue weighted by Crippen LogP contribution is 2.41. The van der Waals surface area contributed by atoms with Gasteiger partial charge in [0.25, 0.3) is 0 Å². The zero-order valence-electron chi connectivity index (χ0n) is 25.8. The fourth-order valence-electron chi connectivity index (χ4n) is 5.73. The Morgan fingerprint density at radius 1 is 1.26 bits per heavy atom. The number of likely N-dealkylation sites (tertiary alicyclic amines) is 1. The number of hydrogen-bond acceptors (Lipinski definition) is 6. The molecule has 0 aliphatic carbocycles. The lowest BCUT2D eigenvalue weighted by molar-refractivity contribution is 0.270. The first-order valence-electron chi connectivity index (χ1n) is 15.7. The zero-order chi connectivity index (χ0) is 29.7. The molecule has 2 fully saturated rings. The van der Waals surface area contributed by atoms with E-state index in [1.807, 2.05) is 12.3 Å². The number of rotatable bonds is 11. The number of anilines is 3. The van der Waals surface area contributed by atoms with Crippen molar-refractivity contribution in [3.63, 3.8) is 0 Å². The monoisotopic (exact) mass is 566 g/mol. The van der Waals surface area contributed by atoms with Gasteiger partial charge in [-0.25, -0.2) is 4.98 Å². The van der Waals surface area contributed by atoms with Crippen LogP contribution in [0.2, 0.25) is 0 Å². The molecule has 0 bridgehead atoms. The second kappa shape index (κ2) is 16.2. The maximum atomic E-state index is 5.37. The summed E-state index contributed by atoms with van der Waals surface area (Å²) in [5.41, 5.74) is 7.53. The summed E-state index contributed by atoms with van der Waals surface area (Å²) in [4.78, 5) is 9.38. The summed E-state index contributed by atoms with van der Waals surface area (Å²) >= 11 is 0. The largest absolute Gasteiger partial charge is 0.384 e. The van der Waals surface area contributed by atoms with Crippen molar-refractivity contribution in [2.24, 2.45) is 0 Å². The Morgan fingerprint density at radius 3 is 2.71 bits per heavy atom. The quantitative estimate of drug-likeness (QED) is 0.122. The fraction of sp³-hybridized carbons (Fsp3) is 0.472. The molecule has 3 N–H and O–H groups in total. The van der Waals surface area contributed by atoms with Crippen molar-refractivity contribution >= 4 is 17.2 Å². The minimum atomic E-state index is 0.379. The number of aromatic nitrogens is 1. The number of fused-ring (bicyclic) bond motifs is 2. The molecule has 0 amide bonds. The van der Waals surface area contributed by atoms with Gasteiger partial charge in [-0.3, -0.25) is 0 Å². The molecule has 2 aromatic rings. The molecule has 5 rings (SSSR count). The van der Waals surface area contributed by atoms with E-state index in [2.05, 4.69) is 95.2 Å². The number of terminal acetylenes is 1. The molecule has 1 aromatic heterocycles. The SMILES string of the molecule is C#CCCN(C)C/C=C/C(=C)N1CCC(c2ccc3c(c2)Nc2nccc(NCCC=C)c2C(C)C3)CC1.C1CNC1. The van der Waals surface area contributed by atoms with E-state index in [-0.39, 0.29) is 0 Å². The molecule has 6 heteroatoms. The summed E-state index contributed by atoms with van der Waals surface area (Å²) in [6.45, 7) is 17.7. The summed E-state index contributed by atoms with van der Waals surface area (Å²) < 4.78 is 0. The average Bonchev–Trinajstić information content (AvgIpc) is 3.10. The van der Waals surface area contributed by atoms with Crippen LogP contribution in [0.4, 0.5) is 17.2 Å². The molecule has 3 aliphatic heterocycles. The van der Waals surface area contributed by atoms with E-state index >= 15 is 0 Å². The van der Waals surface area contributed by atoms with Crippen LogP contribution in [-0.4, -0.2) is 67.6 Å². The first-order valence-corrected chi connectivity index (χ1v) is 15.7. The first kappa shape index (κ1) is 31.4. The summed E-state index contributed by atoms with van der Waals surface area (Å²) in [5.74, 6) is 4.61. The molecule has 0 spiro atoms. The molecular formula is C36H50N6. The van der Waals surface area contributed by atoms with Gasteiger partial charge in [0.1, 0.15) is 5.82 Å². The zero-order valence-corrected chi connectivity index (χ0v) is 25.8. The van der Waals surface area contributed by atoms with E-state index < -0.39 is 0 Å². The maximum absolute atomic E-state index is 5.37. The van der Waals surface area contributed by atoms with E-state index in [1.165, 1.54) is 47.6 Å². The summed E-state index contributed by atoms with van der Waals surface area (Å²) in [6.07, 6.45) is 19.9. The van der Waals surface area contributed by atoms with Crippen molar-refractivity contribution in [2.75, 3.05) is 63.5 Å². The Morgan fingerprint density at radius 2 is 2.02 bits per heavy atom. The minimum absolute atomic E-state index is 0.379. The molecule has 0 radical (unpaired) electrons. The number of likely N-dealkylation sites (N-methyl/N-ethyl adjacent to an activating group) is 1. The second-order valence-corrected chi connectivity index (χ2v) is 11.7.